The molecule has 130 valence electrons. The number of Topliss-reactive ketones (excluding diaryl/α,β-unsaturated/α-hetero) is 1. The maximum Gasteiger partial charge on any atom is 0.343 e. The fourth-order valence-corrected chi connectivity index (χ4v) is 3.31. The summed E-state index contributed by atoms with van der Waals surface area (Å²) in [7, 11) is 2.93. The lowest BCUT2D eigenvalue weighted by molar-refractivity contribution is 0.0365. The third kappa shape index (κ3) is 3.15. The van der Waals surface area contributed by atoms with Crippen molar-refractivity contribution in [2.75, 3.05) is 14.2 Å². The minimum atomic E-state index is -0.679. The van der Waals surface area contributed by atoms with Gasteiger partial charge in [0, 0.05) is 11.1 Å². The minimum Gasteiger partial charge on any atom is -0.507 e. The van der Waals surface area contributed by atoms with Crippen molar-refractivity contribution in [1.29, 1.82) is 0 Å². The zero-order chi connectivity index (χ0) is 18.1. The molecule has 0 unspecified atom stereocenters. The lowest BCUT2D eigenvalue weighted by atomic mass is 9.97. The molecule has 0 saturated carbocycles. The number of aromatic hydroxyl groups is 1. The summed E-state index contributed by atoms with van der Waals surface area (Å²) < 4.78 is 16.4. The van der Waals surface area contributed by atoms with Crippen molar-refractivity contribution >= 4 is 34.3 Å². The van der Waals surface area contributed by atoms with E-state index in [9.17, 15) is 14.7 Å². The minimum absolute atomic E-state index is 0.00901. The number of ether oxygens (including phenoxy) is 3. The Morgan fingerprint density at radius 2 is 2.00 bits per heavy atom. The fraction of sp³-hybridized carbons (Fsp3) is 0.222. The SMILES string of the molecule is COc1ccc2c(c1OC)C(=O)O[C@@H]2CC(=O)c1ccc(O)c(I)c1. The Kier molecular flexibility index (Phi) is 4.85. The number of methoxy groups -OCH3 is 2. The Balaban J connectivity index is 1.90. The molecule has 0 aromatic heterocycles. The van der Waals surface area contributed by atoms with E-state index in [-0.39, 0.29) is 18.0 Å². The first-order chi connectivity index (χ1) is 12.0. The van der Waals surface area contributed by atoms with Gasteiger partial charge in [0.1, 0.15) is 17.4 Å². The average Bonchev–Trinajstić information content (AvgIpc) is 2.92. The van der Waals surface area contributed by atoms with E-state index in [4.69, 9.17) is 14.2 Å². The van der Waals surface area contributed by atoms with Gasteiger partial charge < -0.3 is 19.3 Å². The van der Waals surface area contributed by atoms with Gasteiger partial charge in [0.25, 0.3) is 0 Å². The molecule has 0 saturated heterocycles. The van der Waals surface area contributed by atoms with E-state index in [0.29, 0.717) is 31.8 Å². The highest BCUT2D eigenvalue weighted by Gasteiger charge is 2.37. The van der Waals surface area contributed by atoms with Crippen molar-refractivity contribution in [3.63, 3.8) is 0 Å². The van der Waals surface area contributed by atoms with E-state index in [1.165, 1.54) is 20.3 Å². The number of rotatable bonds is 5. The summed E-state index contributed by atoms with van der Waals surface area (Å²) in [4.78, 5) is 24.8. The standard InChI is InChI=1S/C18H15IO6/c1-23-14-6-4-10-15(25-18(22)16(10)17(14)24-2)8-13(21)9-3-5-12(20)11(19)7-9/h3-7,15,20H,8H2,1-2H3/t15-/m1/s1. The molecule has 2 aromatic carbocycles. The van der Waals surface area contributed by atoms with Crippen molar-refractivity contribution < 1.29 is 28.9 Å². The predicted octanol–water partition coefficient (Wildman–Crippen LogP) is 3.50. The first-order valence-electron chi connectivity index (χ1n) is 7.43. The molecule has 3 rings (SSSR count). The zero-order valence-electron chi connectivity index (χ0n) is 13.5. The van der Waals surface area contributed by atoms with Crippen LogP contribution in [-0.2, 0) is 4.74 Å². The van der Waals surface area contributed by atoms with Gasteiger partial charge in [0.2, 0.25) is 0 Å². The molecule has 0 radical (unpaired) electrons. The number of phenols is 1. The van der Waals surface area contributed by atoms with E-state index >= 15 is 0 Å². The van der Waals surface area contributed by atoms with Crippen LogP contribution < -0.4 is 9.47 Å². The molecule has 25 heavy (non-hydrogen) atoms. The first-order valence-corrected chi connectivity index (χ1v) is 8.51. The van der Waals surface area contributed by atoms with Gasteiger partial charge in [-0.05, 0) is 46.9 Å². The van der Waals surface area contributed by atoms with Gasteiger partial charge >= 0.3 is 5.97 Å². The number of esters is 1. The van der Waals surface area contributed by atoms with Crippen LogP contribution in [-0.4, -0.2) is 31.1 Å². The number of ketones is 1. The van der Waals surface area contributed by atoms with Gasteiger partial charge in [0.05, 0.1) is 24.2 Å². The van der Waals surface area contributed by atoms with Crippen LogP contribution in [0.1, 0.15) is 38.8 Å². The summed E-state index contributed by atoms with van der Waals surface area (Å²) >= 11 is 1.95. The maximum atomic E-state index is 12.5. The second-order valence-electron chi connectivity index (χ2n) is 5.45. The van der Waals surface area contributed by atoms with E-state index in [0.717, 1.165) is 0 Å². The van der Waals surface area contributed by atoms with E-state index in [1.54, 1.807) is 24.3 Å². The van der Waals surface area contributed by atoms with E-state index in [2.05, 4.69) is 0 Å². The van der Waals surface area contributed by atoms with Crippen LogP contribution in [0.2, 0.25) is 0 Å². The number of phenolic OH excluding ortho intramolecular Hbond substituents is 1. The third-order valence-corrected chi connectivity index (χ3v) is 4.88. The van der Waals surface area contributed by atoms with Gasteiger partial charge in [0.15, 0.2) is 17.3 Å². The lowest BCUT2D eigenvalue weighted by Gasteiger charge is -2.12. The molecule has 1 aliphatic heterocycles. The topological polar surface area (TPSA) is 82.1 Å². The Bertz CT molecular complexity index is 861. The third-order valence-electron chi connectivity index (χ3n) is 4.02. The second kappa shape index (κ2) is 6.91. The molecule has 1 atom stereocenters. The number of carbonyl (C=O) groups is 2. The Morgan fingerprint density at radius 3 is 2.64 bits per heavy atom. The molecule has 0 spiro atoms. The summed E-state index contributed by atoms with van der Waals surface area (Å²) in [6.07, 6.45) is -0.670. The average molecular weight is 454 g/mol. The molecule has 0 aliphatic carbocycles. The Hall–Kier alpha value is -2.29. The number of hydrogen-bond acceptors (Lipinski definition) is 6. The normalized spacial score (nSPS) is 15.5. The van der Waals surface area contributed by atoms with Crippen molar-refractivity contribution in [2.45, 2.75) is 12.5 Å². The predicted molar refractivity (Wildman–Crippen MR) is 97.5 cm³/mol. The molecule has 6 nitrogen and oxygen atoms in total. The monoisotopic (exact) mass is 454 g/mol. The van der Waals surface area contributed by atoms with E-state index in [1.807, 2.05) is 22.6 Å². The van der Waals surface area contributed by atoms with Gasteiger partial charge in [-0.3, -0.25) is 4.79 Å². The highest BCUT2D eigenvalue weighted by atomic mass is 127. The van der Waals surface area contributed by atoms with Gasteiger partial charge in [-0.2, -0.15) is 0 Å². The molecular formula is C18H15IO6. The molecule has 1 N–H and O–H groups in total. The van der Waals surface area contributed by atoms with E-state index < -0.39 is 12.1 Å². The molecule has 0 bridgehead atoms. The highest BCUT2D eigenvalue weighted by molar-refractivity contribution is 14.1. The highest BCUT2D eigenvalue weighted by Crippen LogP contribution is 2.43. The van der Waals surface area contributed by atoms with Gasteiger partial charge in [-0.15, -0.1) is 0 Å². The van der Waals surface area contributed by atoms with Gasteiger partial charge in [-0.25, -0.2) is 4.79 Å². The van der Waals surface area contributed by atoms with Crippen molar-refractivity contribution in [3.8, 4) is 17.2 Å². The van der Waals surface area contributed by atoms with Gasteiger partial charge in [-0.1, -0.05) is 6.07 Å². The lowest BCUT2D eigenvalue weighted by Crippen LogP contribution is -2.08. The fourth-order valence-electron chi connectivity index (χ4n) is 2.79. The molecule has 0 fully saturated rings. The molecule has 7 heteroatoms. The maximum absolute atomic E-state index is 12.5. The summed E-state index contributed by atoms with van der Waals surface area (Å²) in [6.45, 7) is 0. The van der Waals surface area contributed by atoms with Crippen molar-refractivity contribution in [2.24, 2.45) is 0 Å². The van der Waals surface area contributed by atoms with Crippen LogP contribution in [0.3, 0.4) is 0 Å². The molecule has 1 aliphatic rings. The van der Waals surface area contributed by atoms with Crippen LogP contribution in [0.5, 0.6) is 17.2 Å². The quantitative estimate of drug-likeness (QED) is 0.423. The van der Waals surface area contributed by atoms with Crippen LogP contribution in [0.25, 0.3) is 0 Å². The number of hydrogen-bond donors (Lipinski definition) is 1. The summed E-state index contributed by atoms with van der Waals surface area (Å²) in [6, 6.07) is 8.01. The second-order valence-corrected chi connectivity index (χ2v) is 6.61. The van der Waals surface area contributed by atoms with Crippen LogP contribution in [0.15, 0.2) is 30.3 Å². The Labute approximate surface area is 157 Å². The number of cyclic esters (lactones) is 1. The largest absolute Gasteiger partial charge is 0.507 e. The summed E-state index contributed by atoms with van der Waals surface area (Å²) in [5.41, 5.74) is 1.34. The molecular weight excluding hydrogens is 439 g/mol. The number of halogens is 1. The number of carbonyl (C=O) groups excluding carboxylic acids is 2. The van der Waals surface area contributed by atoms with Crippen LogP contribution in [0.4, 0.5) is 0 Å². The Morgan fingerprint density at radius 1 is 1.24 bits per heavy atom. The number of benzene rings is 2. The summed E-state index contributed by atoms with van der Waals surface area (Å²) in [5.74, 6) is 0.131. The van der Waals surface area contributed by atoms with Crippen molar-refractivity contribution in [1.82, 2.24) is 0 Å². The van der Waals surface area contributed by atoms with Crippen molar-refractivity contribution in [3.05, 3.63) is 50.6 Å². The van der Waals surface area contributed by atoms with Crippen LogP contribution >= 0.6 is 22.6 Å². The number of fused-ring (bicyclic) bond motifs is 1. The molecule has 2 aromatic rings. The first kappa shape index (κ1) is 17.5. The molecule has 1 heterocycles. The van der Waals surface area contributed by atoms with Crippen LogP contribution in [0, 0.1) is 3.57 Å². The zero-order valence-corrected chi connectivity index (χ0v) is 15.7. The summed E-state index contributed by atoms with van der Waals surface area (Å²) in [5, 5.41) is 9.57. The molecule has 0 amide bonds. The smallest absolute Gasteiger partial charge is 0.343 e.